The molecule has 0 heterocycles. The van der Waals surface area contributed by atoms with Crippen molar-refractivity contribution in [1.82, 2.24) is 0 Å². The first-order chi connectivity index (χ1) is 15.7. The Kier molecular flexibility index (Phi) is 5.36. The molecule has 0 aromatic rings. The Morgan fingerprint density at radius 3 is 2.26 bits per heavy atom. The van der Waals surface area contributed by atoms with Crippen molar-refractivity contribution in [3.63, 3.8) is 0 Å². The largest absolute Gasteiger partial charge is 0.481 e. The number of carbonyl (C=O) groups is 1. The molecule has 0 bridgehead atoms. The predicted octanol–water partition coefficient (Wildman–Crippen LogP) is 6.21. The summed E-state index contributed by atoms with van der Waals surface area (Å²) < 4.78 is 0. The summed E-state index contributed by atoms with van der Waals surface area (Å²) in [4.78, 5) is 12.8. The van der Waals surface area contributed by atoms with Gasteiger partial charge in [-0.1, -0.05) is 53.2 Å². The van der Waals surface area contributed by atoms with Crippen LogP contribution in [0.2, 0.25) is 0 Å². The standard InChI is InChI=1S/C30H48O4/c1-25(2)13-15-30(24(33)34)16-14-28(5)19(20(30)17-25)7-8-22-26(3)11-10-23(32)27(4,18-31)21(26)9-12-29(22,28)6/h7,20-23,31-32H,8-18H2,1-6H3,(H,33,34)/t20-,21?,22-,23+,26+,27?,28-,29-,30+/m1/s1. The van der Waals surface area contributed by atoms with Gasteiger partial charge in [0.25, 0.3) is 0 Å². The number of rotatable bonds is 2. The highest BCUT2D eigenvalue weighted by atomic mass is 16.4. The maximum absolute atomic E-state index is 12.8. The number of fused-ring (bicyclic) bond motifs is 7. The second-order valence-corrected chi connectivity index (χ2v) is 14.9. The van der Waals surface area contributed by atoms with Gasteiger partial charge in [-0.3, -0.25) is 4.79 Å². The monoisotopic (exact) mass is 472 g/mol. The lowest BCUT2D eigenvalue weighted by Crippen LogP contribution is -2.65. The molecule has 5 aliphatic carbocycles. The molecular formula is C30H48O4. The van der Waals surface area contributed by atoms with Gasteiger partial charge in [0.2, 0.25) is 0 Å². The Bertz CT molecular complexity index is 907. The molecule has 0 radical (unpaired) electrons. The summed E-state index contributed by atoms with van der Waals surface area (Å²) in [6, 6.07) is 0. The number of hydrogen-bond donors (Lipinski definition) is 3. The SMILES string of the molecule is CC1(C)CC[C@]2(C(=O)O)CC[C@]3(C)C(=CC[C@@H]4[C@@]5(C)CC[C@H](O)C(C)(CO)C5CC[C@]43C)[C@H]2C1. The molecule has 0 aromatic heterocycles. The maximum Gasteiger partial charge on any atom is 0.310 e. The van der Waals surface area contributed by atoms with E-state index in [0.717, 1.165) is 64.2 Å². The average Bonchev–Trinajstić information content (AvgIpc) is 2.76. The molecule has 0 aliphatic heterocycles. The van der Waals surface area contributed by atoms with Gasteiger partial charge in [-0.25, -0.2) is 0 Å². The lowest BCUT2D eigenvalue weighted by atomic mass is 9.33. The minimum atomic E-state index is -0.588. The van der Waals surface area contributed by atoms with Gasteiger partial charge in [-0.15, -0.1) is 0 Å². The molecule has 9 atom stereocenters. The van der Waals surface area contributed by atoms with Crippen molar-refractivity contribution < 1.29 is 20.1 Å². The third-order valence-electron chi connectivity index (χ3n) is 13.2. The summed E-state index contributed by atoms with van der Waals surface area (Å²) >= 11 is 0. The molecule has 3 N–H and O–H groups in total. The van der Waals surface area contributed by atoms with E-state index in [1.165, 1.54) is 5.57 Å². The van der Waals surface area contributed by atoms with Crippen LogP contribution in [-0.2, 0) is 4.79 Å². The Morgan fingerprint density at radius 1 is 0.941 bits per heavy atom. The van der Waals surface area contributed by atoms with Crippen molar-refractivity contribution in [3.8, 4) is 0 Å². The second-order valence-electron chi connectivity index (χ2n) is 14.9. The van der Waals surface area contributed by atoms with Crippen LogP contribution in [0.3, 0.4) is 0 Å². The van der Waals surface area contributed by atoms with E-state index in [0.29, 0.717) is 11.8 Å². The van der Waals surface area contributed by atoms with Crippen molar-refractivity contribution in [2.45, 2.75) is 112 Å². The van der Waals surface area contributed by atoms with Crippen LogP contribution in [0.5, 0.6) is 0 Å². The number of carboxylic acids is 1. The number of hydrogen-bond acceptors (Lipinski definition) is 3. The lowest BCUT2D eigenvalue weighted by molar-refractivity contribution is -0.216. The molecule has 5 rings (SSSR count). The topological polar surface area (TPSA) is 77.8 Å². The van der Waals surface area contributed by atoms with Crippen LogP contribution < -0.4 is 0 Å². The van der Waals surface area contributed by atoms with Gasteiger partial charge in [0.1, 0.15) is 0 Å². The molecule has 2 unspecified atom stereocenters. The van der Waals surface area contributed by atoms with Crippen molar-refractivity contribution in [1.29, 1.82) is 0 Å². The van der Waals surface area contributed by atoms with Gasteiger partial charge in [-0.2, -0.15) is 0 Å². The third-order valence-corrected chi connectivity index (χ3v) is 13.2. The molecule has 4 nitrogen and oxygen atoms in total. The molecule has 4 saturated carbocycles. The Balaban J connectivity index is 1.60. The highest BCUT2D eigenvalue weighted by molar-refractivity contribution is 5.76. The van der Waals surface area contributed by atoms with Gasteiger partial charge in [0.05, 0.1) is 18.1 Å². The van der Waals surface area contributed by atoms with Crippen LogP contribution in [0.1, 0.15) is 106 Å². The number of allylic oxidation sites excluding steroid dienone is 2. The molecule has 4 fully saturated rings. The highest BCUT2D eigenvalue weighted by Gasteiger charge is 2.69. The number of aliphatic hydroxyl groups is 2. The minimum absolute atomic E-state index is 0.0204. The van der Waals surface area contributed by atoms with Gasteiger partial charge >= 0.3 is 5.97 Å². The maximum atomic E-state index is 12.8. The first-order valence-electron chi connectivity index (χ1n) is 13.9. The van der Waals surface area contributed by atoms with E-state index in [2.05, 4.69) is 47.6 Å². The van der Waals surface area contributed by atoms with Crippen molar-refractivity contribution in [2.24, 2.45) is 50.2 Å². The zero-order chi connectivity index (χ0) is 24.9. The van der Waals surface area contributed by atoms with Gasteiger partial charge in [-0.05, 0) is 104 Å². The van der Waals surface area contributed by atoms with Crippen LogP contribution in [-0.4, -0.2) is 34.0 Å². The van der Waals surface area contributed by atoms with Crippen molar-refractivity contribution in [3.05, 3.63) is 11.6 Å². The minimum Gasteiger partial charge on any atom is -0.481 e. The van der Waals surface area contributed by atoms with E-state index in [9.17, 15) is 20.1 Å². The van der Waals surface area contributed by atoms with E-state index in [1.54, 1.807) is 0 Å². The van der Waals surface area contributed by atoms with Crippen LogP contribution in [0, 0.1) is 50.2 Å². The third kappa shape index (κ3) is 2.88. The summed E-state index contributed by atoms with van der Waals surface area (Å²) in [6.45, 7) is 14.3. The van der Waals surface area contributed by atoms with Gasteiger partial charge < -0.3 is 15.3 Å². The fourth-order valence-electron chi connectivity index (χ4n) is 10.7. The van der Waals surface area contributed by atoms with Crippen LogP contribution in [0.25, 0.3) is 0 Å². The Hall–Kier alpha value is -0.870. The number of aliphatic hydroxyl groups excluding tert-OH is 2. The summed E-state index contributed by atoms with van der Waals surface area (Å²) in [7, 11) is 0. The quantitative estimate of drug-likeness (QED) is 0.418. The fraction of sp³-hybridized carbons (Fsp3) is 0.900. The van der Waals surface area contributed by atoms with Gasteiger partial charge in [0.15, 0.2) is 0 Å². The molecule has 0 saturated heterocycles. The zero-order valence-corrected chi connectivity index (χ0v) is 22.4. The van der Waals surface area contributed by atoms with E-state index in [-0.39, 0.29) is 34.2 Å². The van der Waals surface area contributed by atoms with Crippen LogP contribution in [0.15, 0.2) is 11.6 Å². The van der Waals surface area contributed by atoms with Crippen molar-refractivity contribution >= 4 is 5.97 Å². The molecule has 34 heavy (non-hydrogen) atoms. The first-order valence-corrected chi connectivity index (χ1v) is 13.9. The zero-order valence-electron chi connectivity index (χ0n) is 22.4. The number of aliphatic carboxylic acids is 1. The molecule has 0 spiro atoms. The van der Waals surface area contributed by atoms with Crippen LogP contribution >= 0.6 is 0 Å². The van der Waals surface area contributed by atoms with Crippen molar-refractivity contribution in [2.75, 3.05) is 6.61 Å². The van der Waals surface area contributed by atoms with E-state index in [1.807, 2.05) is 0 Å². The average molecular weight is 473 g/mol. The van der Waals surface area contributed by atoms with Gasteiger partial charge in [0, 0.05) is 5.41 Å². The van der Waals surface area contributed by atoms with Crippen LogP contribution in [0.4, 0.5) is 0 Å². The molecule has 0 amide bonds. The molecule has 4 heteroatoms. The summed E-state index contributed by atoms with van der Waals surface area (Å²) in [5.41, 5.74) is 0.858. The summed E-state index contributed by atoms with van der Waals surface area (Å²) in [5.74, 6) is 0.395. The van der Waals surface area contributed by atoms with E-state index >= 15 is 0 Å². The molecular weight excluding hydrogens is 424 g/mol. The Labute approximate surface area is 206 Å². The number of carboxylic acid groups (broad SMARTS) is 1. The Morgan fingerprint density at radius 2 is 1.62 bits per heavy atom. The molecule has 5 aliphatic rings. The summed E-state index contributed by atoms with van der Waals surface area (Å²) in [5, 5.41) is 31.8. The highest BCUT2D eigenvalue weighted by Crippen LogP contribution is 2.75. The first kappa shape index (κ1) is 24.8. The normalized spacial score (nSPS) is 54.1. The lowest BCUT2D eigenvalue weighted by Gasteiger charge is -2.71. The van der Waals surface area contributed by atoms with E-state index in [4.69, 9.17) is 0 Å². The smallest absolute Gasteiger partial charge is 0.310 e. The summed E-state index contributed by atoms with van der Waals surface area (Å²) in [6.07, 6.45) is 11.6. The molecule has 192 valence electrons. The second kappa shape index (κ2) is 7.34. The fourth-order valence-corrected chi connectivity index (χ4v) is 10.7. The van der Waals surface area contributed by atoms with E-state index < -0.39 is 22.9 Å². The predicted molar refractivity (Wildman–Crippen MR) is 134 cm³/mol. The molecule has 0 aromatic carbocycles.